The van der Waals surface area contributed by atoms with Crippen LogP contribution in [-0.4, -0.2) is 35.9 Å². The summed E-state index contributed by atoms with van der Waals surface area (Å²) in [6.45, 7) is 4.34. The third-order valence-corrected chi connectivity index (χ3v) is 4.39. The minimum Gasteiger partial charge on any atom is -0.326 e. The van der Waals surface area contributed by atoms with E-state index in [1.54, 1.807) is 6.07 Å². The average molecular weight is 344 g/mol. The summed E-state index contributed by atoms with van der Waals surface area (Å²) < 4.78 is 0. The number of carbonyl (C=O) groups is 2. The van der Waals surface area contributed by atoms with Gasteiger partial charge in [0.25, 0.3) is 0 Å². The zero-order valence-corrected chi connectivity index (χ0v) is 14.4. The Morgan fingerprint density at radius 3 is 2.77 bits per heavy atom. The number of anilines is 2. The van der Waals surface area contributed by atoms with Crippen LogP contribution in [0.4, 0.5) is 11.4 Å². The summed E-state index contributed by atoms with van der Waals surface area (Å²) in [5, 5.41) is 9.00. The van der Waals surface area contributed by atoms with Crippen LogP contribution in [0.25, 0.3) is 0 Å². The van der Waals surface area contributed by atoms with Gasteiger partial charge in [0.15, 0.2) is 0 Å². The van der Waals surface area contributed by atoms with Crippen LogP contribution in [0.1, 0.15) is 18.9 Å². The predicted octanol–water partition coefficient (Wildman–Crippen LogP) is 2.41. The van der Waals surface area contributed by atoms with E-state index in [0.29, 0.717) is 12.1 Å². The quantitative estimate of drug-likeness (QED) is 0.785. The molecular weight excluding hydrogens is 322 g/mol. The number of hydrogen-bond donors (Lipinski definition) is 3. The van der Waals surface area contributed by atoms with Crippen LogP contribution in [0.3, 0.4) is 0 Å². The normalized spacial score (nSPS) is 17.3. The minimum atomic E-state index is -0.120. The SMILES string of the molecule is CC(=O)Nc1cc(NC(=O)CC2CSCCN2)ccc1C.Cl. The molecule has 2 rings (SSSR count). The number of halogens is 1. The molecule has 22 heavy (non-hydrogen) atoms. The van der Waals surface area contributed by atoms with Crippen LogP contribution in [0.5, 0.6) is 0 Å². The fraction of sp³-hybridized carbons (Fsp3) is 0.467. The molecule has 1 fully saturated rings. The molecule has 2 amide bonds. The van der Waals surface area contributed by atoms with Gasteiger partial charge in [-0.05, 0) is 24.6 Å². The Hall–Kier alpha value is -1.24. The van der Waals surface area contributed by atoms with Crippen molar-refractivity contribution in [3.8, 4) is 0 Å². The maximum absolute atomic E-state index is 12.1. The minimum absolute atomic E-state index is 0. The Morgan fingerprint density at radius 2 is 2.14 bits per heavy atom. The molecule has 1 aliphatic rings. The van der Waals surface area contributed by atoms with Crippen LogP contribution in [0, 0.1) is 6.92 Å². The molecule has 5 nitrogen and oxygen atoms in total. The monoisotopic (exact) mass is 343 g/mol. The Balaban J connectivity index is 0.00000242. The van der Waals surface area contributed by atoms with E-state index in [9.17, 15) is 9.59 Å². The highest BCUT2D eigenvalue weighted by Gasteiger charge is 2.16. The summed E-state index contributed by atoms with van der Waals surface area (Å²) in [6.07, 6.45) is 0.469. The second-order valence-corrected chi connectivity index (χ2v) is 6.34. The second kappa shape index (κ2) is 9.02. The summed E-state index contributed by atoms with van der Waals surface area (Å²) in [4.78, 5) is 23.2. The molecule has 3 N–H and O–H groups in total. The van der Waals surface area contributed by atoms with Gasteiger partial charge in [-0.25, -0.2) is 0 Å². The first-order valence-corrected chi connectivity index (χ1v) is 8.19. The van der Waals surface area contributed by atoms with Gasteiger partial charge in [-0.1, -0.05) is 6.07 Å². The van der Waals surface area contributed by atoms with Crippen LogP contribution >= 0.6 is 24.2 Å². The zero-order chi connectivity index (χ0) is 15.2. The number of rotatable bonds is 4. The molecular formula is C15H22ClN3O2S. The van der Waals surface area contributed by atoms with E-state index in [1.807, 2.05) is 30.8 Å². The lowest BCUT2D eigenvalue weighted by Crippen LogP contribution is -2.39. The van der Waals surface area contributed by atoms with Gasteiger partial charge >= 0.3 is 0 Å². The van der Waals surface area contributed by atoms with Gasteiger partial charge in [-0.3, -0.25) is 9.59 Å². The van der Waals surface area contributed by atoms with E-state index in [2.05, 4.69) is 16.0 Å². The first-order chi connectivity index (χ1) is 10.0. The van der Waals surface area contributed by atoms with E-state index in [-0.39, 0.29) is 30.3 Å². The van der Waals surface area contributed by atoms with Crippen molar-refractivity contribution in [3.63, 3.8) is 0 Å². The summed E-state index contributed by atoms with van der Waals surface area (Å²) in [5.74, 6) is 1.95. The van der Waals surface area contributed by atoms with Gasteiger partial charge in [0, 0.05) is 48.8 Å². The van der Waals surface area contributed by atoms with E-state index in [0.717, 1.165) is 29.3 Å². The van der Waals surface area contributed by atoms with Crippen molar-refractivity contribution < 1.29 is 9.59 Å². The third-order valence-electron chi connectivity index (χ3n) is 3.26. The van der Waals surface area contributed by atoms with E-state index >= 15 is 0 Å². The van der Waals surface area contributed by atoms with Crippen molar-refractivity contribution in [1.29, 1.82) is 0 Å². The number of carbonyl (C=O) groups excluding carboxylic acids is 2. The third kappa shape index (κ3) is 5.87. The smallest absolute Gasteiger partial charge is 0.225 e. The molecule has 1 heterocycles. The van der Waals surface area contributed by atoms with E-state index in [1.165, 1.54) is 6.92 Å². The van der Waals surface area contributed by atoms with Crippen LogP contribution in [0.15, 0.2) is 18.2 Å². The molecule has 1 aliphatic heterocycles. The number of benzene rings is 1. The van der Waals surface area contributed by atoms with Crippen molar-refractivity contribution in [1.82, 2.24) is 5.32 Å². The Kier molecular flexibility index (Phi) is 7.72. The summed E-state index contributed by atoms with van der Waals surface area (Å²) in [6, 6.07) is 5.76. The summed E-state index contributed by atoms with van der Waals surface area (Å²) >= 11 is 1.87. The van der Waals surface area contributed by atoms with Crippen molar-refractivity contribution in [2.24, 2.45) is 0 Å². The number of hydrogen-bond acceptors (Lipinski definition) is 4. The van der Waals surface area contributed by atoms with Gasteiger partial charge in [0.2, 0.25) is 11.8 Å². The molecule has 7 heteroatoms. The first kappa shape index (κ1) is 18.8. The molecule has 0 spiro atoms. The highest BCUT2D eigenvalue weighted by atomic mass is 35.5. The first-order valence-electron chi connectivity index (χ1n) is 7.04. The van der Waals surface area contributed by atoms with Crippen LogP contribution < -0.4 is 16.0 Å². The van der Waals surface area contributed by atoms with Crippen molar-refractivity contribution >= 4 is 47.4 Å². The highest BCUT2D eigenvalue weighted by molar-refractivity contribution is 7.99. The number of thioether (sulfide) groups is 1. The maximum atomic E-state index is 12.1. The maximum Gasteiger partial charge on any atom is 0.225 e. The van der Waals surface area contributed by atoms with Gasteiger partial charge in [0.05, 0.1) is 0 Å². The molecule has 0 saturated carbocycles. The molecule has 0 bridgehead atoms. The van der Waals surface area contributed by atoms with Crippen molar-refractivity contribution in [3.05, 3.63) is 23.8 Å². The van der Waals surface area contributed by atoms with E-state index in [4.69, 9.17) is 0 Å². The van der Waals surface area contributed by atoms with Gasteiger partial charge < -0.3 is 16.0 Å². The van der Waals surface area contributed by atoms with E-state index < -0.39 is 0 Å². The van der Waals surface area contributed by atoms with Gasteiger partial charge in [-0.15, -0.1) is 12.4 Å². The van der Waals surface area contributed by atoms with Gasteiger partial charge in [0.1, 0.15) is 0 Å². The fourth-order valence-electron chi connectivity index (χ4n) is 2.21. The standard InChI is InChI=1S/C15H21N3O2S.ClH/c1-10-3-4-12(7-14(10)17-11(2)19)18-15(20)8-13-9-21-6-5-16-13;/h3-4,7,13,16H,5-6,8-9H2,1-2H3,(H,17,19)(H,18,20);1H. The molecule has 0 aromatic heterocycles. The Labute approximate surface area is 141 Å². The highest BCUT2D eigenvalue weighted by Crippen LogP contribution is 2.21. The lowest BCUT2D eigenvalue weighted by atomic mass is 10.1. The largest absolute Gasteiger partial charge is 0.326 e. The molecule has 0 aliphatic carbocycles. The fourth-order valence-corrected chi connectivity index (χ4v) is 3.16. The molecule has 1 unspecified atom stereocenters. The number of amides is 2. The number of aryl methyl sites for hydroxylation is 1. The van der Waals surface area contributed by atoms with Gasteiger partial charge in [-0.2, -0.15) is 11.8 Å². The lowest BCUT2D eigenvalue weighted by molar-refractivity contribution is -0.116. The molecule has 1 saturated heterocycles. The molecule has 1 aromatic carbocycles. The Bertz CT molecular complexity index is 534. The molecule has 122 valence electrons. The predicted molar refractivity (Wildman–Crippen MR) is 95.1 cm³/mol. The molecule has 0 radical (unpaired) electrons. The average Bonchev–Trinajstić information content (AvgIpc) is 2.43. The topological polar surface area (TPSA) is 70.2 Å². The summed E-state index contributed by atoms with van der Waals surface area (Å²) in [5.41, 5.74) is 2.40. The number of nitrogens with one attached hydrogen (secondary N) is 3. The summed E-state index contributed by atoms with van der Waals surface area (Å²) in [7, 11) is 0. The van der Waals surface area contributed by atoms with Crippen molar-refractivity contribution in [2.45, 2.75) is 26.3 Å². The lowest BCUT2D eigenvalue weighted by Gasteiger charge is -2.22. The van der Waals surface area contributed by atoms with Crippen LogP contribution in [0.2, 0.25) is 0 Å². The molecule has 1 aromatic rings. The molecule has 1 atom stereocenters. The Morgan fingerprint density at radius 1 is 1.36 bits per heavy atom. The van der Waals surface area contributed by atoms with Crippen molar-refractivity contribution in [2.75, 3.05) is 28.7 Å². The zero-order valence-electron chi connectivity index (χ0n) is 12.8. The second-order valence-electron chi connectivity index (χ2n) is 5.19. The van der Waals surface area contributed by atoms with Crippen LogP contribution in [-0.2, 0) is 9.59 Å².